The fraction of sp³-hybridized carbons (Fsp3) is 0.190. The van der Waals surface area contributed by atoms with Crippen LogP contribution in [0, 0.1) is 13.8 Å². The molecule has 0 bridgehead atoms. The van der Waals surface area contributed by atoms with Crippen molar-refractivity contribution in [3.05, 3.63) is 71.2 Å². The third kappa shape index (κ3) is 3.21. The lowest BCUT2D eigenvalue weighted by molar-refractivity contribution is 0.0952. The quantitative estimate of drug-likeness (QED) is 0.605. The molecule has 0 aliphatic rings. The number of hydrogen-bond donors (Lipinski definition) is 1. The van der Waals surface area contributed by atoms with Gasteiger partial charge >= 0.3 is 0 Å². The van der Waals surface area contributed by atoms with Gasteiger partial charge in [0.05, 0.1) is 13.3 Å². The van der Waals surface area contributed by atoms with Crippen molar-refractivity contribution in [2.24, 2.45) is 0 Å². The number of fused-ring (bicyclic) bond motifs is 2. The molecule has 0 saturated heterocycles. The summed E-state index contributed by atoms with van der Waals surface area (Å²) in [6.07, 6.45) is 1.57. The molecule has 2 heterocycles. The van der Waals surface area contributed by atoms with Crippen molar-refractivity contribution >= 4 is 22.3 Å². The average molecular weight is 360 g/mol. The minimum absolute atomic E-state index is 0.183. The van der Waals surface area contributed by atoms with Crippen molar-refractivity contribution in [3.8, 4) is 5.75 Å². The van der Waals surface area contributed by atoms with Gasteiger partial charge in [-0.15, -0.1) is 0 Å². The summed E-state index contributed by atoms with van der Waals surface area (Å²) >= 11 is 0. The number of aryl methyl sites for hydroxylation is 2. The van der Waals surface area contributed by atoms with E-state index in [4.69, 9.17) is 4.74 Å². The molecule has 1 N–H and O–H groups in total. The molecule has 2 aromatic heterocycles. The van der Waals surface area contributed by atoms with Crippen LogP contribution in [0.15, 0.2) is 48.7 Å². The number of benzene rings is 2. The van der Waals surface area contributed by atoms with E-state index in [1.807, 2.05) is 50.2 Å². The van der Waals surface area contributed by atoms with Crippen LogP contribution in [0.3, 0.4) is 0 Å². The Hall–Kier alpha value is -3.41. The Morgan fingerprint density at radius 2 is 1.89 bits per heavy atom. The first-order chi connectivity index (χ1) is 13.0. The fourth-order valence-electron chi connectivity index (χ4n) is 3.22. The van der Waals surface area contributed by atoms with Gasteiger partial charge in [0.15, 0.2) is 5.65 Å². The van der Waals surface area contributed by atoms with Gasteiger partial charge in [-0.1, -0.05) is 18.2 Å². The van der Waals surface area contributed by atoms with Crippen LogP contribution in [-0.4, -0.2) is 27.6 Å². The SMILES string of the molecule is COc1ccc2cc(CNC(=O)c3cnn4c(C)cc(C)nc34)ccc2c1. The topological polar surface area (TPSA) is 68.5 Å². The van der Waals surface area contributed by atoms with Crippen LogP contribution in [0.1, 0.15) is 27.3 Å². The van der Waals surface area contributed by atoms with E-state index in [9.17, 15) is 4.79 Å². The first-order valence-corrected chi connectivity index (χ1v) is 8.72. The highest BCUT2D eigenvalue weighted by Crippen LogP contribution is 2.22. The summed E-state index contributed by atoms with van der Waals surface area (Å²) in [5.74, 6) is 0.645. The van der Waals surface area contributed by atoms with E-state index < -0.39 is 0 Å². The first kappa shape index (κ1) is 17.0. The highest BCUT2D eigenvalue weighted by Gasteiger charge is 2.15. The van der Waals surface area contributed by atoms with Gasteiger partial charge in [0.1, 0.15) is 11.3 Å². The van der Waals surface area contributed by atoms with Gasteiger partial charge in [0.25, 0.3) is 5.91 Å². The second kappa shape index (κ2) is 6.72. The number of carbonyl (C=O) groups is 1. The Morgan fingerprint density at radius 3 is 2.70 bits per heavy atom. The van der Waals surface area contributed by atoms with Gasteiger partial charge in [0, 0.05) is 17.9 Å². The molecule has 0 aliphatic heterocycles. The monoisotopic (exact) mass is 360 g/mol. The predicted octanol–water partition coefficient (Wildman–Crippen LogP) is 3.44. The van der Waals surface area contributed by atoms with Crippen molar-refractivity contribution in [1.29, 1.82) is 0 Å². The van der Waals surface area contributed by atoms with E-state index in [1.165, 1.54) is 0 Å². The molecule has 27 heavy (non-hydrogen) atoms. The summed E-state index contributed by atoms with van der Waals surface area (Å²) < 4.78 is 6.94. The Morgan fingerprint density at radius 1 is 1.11 bits per heavy atom. The molecule has 4 aromatic rings. The Labute approximate surface area is 156 Å². The zero-order chi connectivity index (χ0) is 19.0. The van der Waals surface area contributed by atoms with Gasteiger partial charge in [-0.05, 0) is 54.4 Å². The molecule has 0 aliphatic carbocycles. The largest absolute Gasteiger partial charge is 0.497 e. The number of hydrogen-bond acceptors (Lipinski definition) is 4. The van der Waals surface area contributed by atoms with E-state index in [1.54, 1.807) is 17.8 Å². The van der Waals surface area contributed by atoms with Crippen molar-refractivity contribution in [3.63, 3.8) is 0 Å². The molecule has 0 unspecified atom stereocenters. The number of carbonyl (C=O) groups excluding carboxylic acids is 1. The number of nitrogens with zero attached hydrogens (tertiary/aromatic N) is 3. The van der Waals surface area contributed by atoms with Gasteiger partial charge < -0.3 is 10.1 Å². The molecule has 4 rings (SSSR count). The molecule has 0 saturated carbocycles. The summed E-state index contributed by atoms with van der Waals surface area (Å²) in [5, 5.41) is 9.44. The van der Waals surface area contributed by atoms with Crippen molar-refractivity contribution < 1.29 is 9.53 Å². The van der Waals surface area contributed by atoms with E-state index in [0.29, 0.717) is 17.8 Å². The summed E-state index contributed by atoms with van der Waals surface area (Å²) in [6, 6.07) is 14.0. The van der Waals surface area contributed by atoms with Gasteiger partial charge in [-0.2, -0.15) is 5.10 Å². The second-order valence-corrected chi connectivity index (χ2v) is 6.56. The molecule has 136 valence electrons. The van der Waals surface area contributed by atoms with E-state index in [2.05, 4.69) is 21.5 Å². The highest BCUT2D eigenvalue weighted by atomic mass is 16.5. The fourth-order valence-corrected chi connectivity index (χ4v) is 3.22. The number of aromatic nitrogens is 3. The Balaban J connectivity index is 1.55. The van der Waals surface area contributed by atoms with Crippen molar-refractivity contribution in [2.45, 2.75) is 20.4 Å². The van der Waals surface area contributed by atoms with Crippen LogP contribution >= 0.6 is 0 Å². The normalized spacial score (nSPS) is 11.1. The molecular formula is C21H20N4O2. The summed E-state index contributed by atoms with van der Waals surface area (Å²) in [6.45, 7) is 4.29. The third-order valence-corrected chi connectivity index (χ3v) is 4.59. The third-order valence-electron chi connectivity index (χ3n) is 4.59. The zero-order valence-electron chi connectivity index (χ0n) is 15.5. The van der Waals surface area contributed by atoms with E-state index >= 15 is 0 Å². The lowest BCUT2D eigenvalue weighted by Crippen LogP contribution is -2.22. The smallest absolute Gasteiger partial charge is 0.257 e. The molecule has 6 heteroatoms. The van der Waals surface area contributed by atoms with Crippen LogP contribution in [-0.2, 0) is 6.54 Å². The minimum Gasteiger partial charge on any atom is -0.497 e. The maximum Gasteiger partial charge on any atom is 0.257 e. The Bertz CT molecular complexity index is 1160. The molecule has 2 aromatic carbocycles. The van der Waals surface area contributed by atoms with Gasteiger partial charge in [0.2, 0.25) is 0 Å². The van der Waals surface area contributed by atoms with Gasteiger partial charge in [-0.3, -0.25) is 4.79 Å². The standard InChI is InChI=1S/C21H20N4O2/c1-13-8-14(2)25-20(24-13)19(12-23-25)21(26)22-11-15-4-5-17-10-18(27-3)7-6-16(17)9-15/h4-10,12H,11H2,1-3H3,(H,22,26). The summed E-state index contributed by atoms with van der Waals surface area (Å²) in [5.41, 5.74) is 3.89. The minimum atomic E-state index is -0.183. The molecule has 6 nitrogen and oxygen atoms in total. The summed E-state index contributed by atoms with van der Waals surface area (Å²) in [7, 11) is 1.66. The van der Waals surface area contributed by atoms with Crippen LogP contribution in [0.4, 0.5) is 0 Å². The van der Waals surface area contributed by atoms with Gasteiger partial charge in [-0.25, -0.2) is 9.50 Å². The predicted molar refractivity (Wildman–Crippen MR) is 104 cm³/mol. The van der Waals surface area contributed by atoms with Crippen molar-refractivity contribution in [1.82, 2.24) is 19.9 Å². The van der Waals surface area contributed by atoms with Crippen LogP contribution in [0.25, 0.3) is 16.4 Å². The molecule has 0 spiro atoms. The van der Waals surface area contributed by atoms with Crippen LogP contribution < -0.4 is 10.1 Å². The van der Waals surface area contributed by atoms with Crippen LogP contribution in [0.2, 0.25) is 0 Å². The molecule has 0 fully saturated rings. The number of ether oxygens (including phenoxy) is 1. The van der Waals surface area contributed by atoms with Crippen molar-refractivity contribution in [2.75, 3.05) is 7.11 Å². The number of nitrogens with one attached hydrogen (secondary N) is 1. The zero-order valence-corrected chi connectivity index (χ0v) is 15.5. The maximum atomic E-state index is 12.6. The Kier molecular flexibility index (Phi) is 4.24. The van der Waals surface area contributed by atoms with Crippen LogP contribution in [0.5, 0.6) is 5.75 Å². The second-order valence-electron chi connectivity index (χ2n) is 6.56. The van der Waals surface area contributed by atoms with E-state index in [0.717, 1.165) is 33.5 Å². The average Bonchev–Trinajstić information content (AvgIpc) is 3.09. The lowest BCUT2D eigenvalue weighted by Gasteiger charge is -2.07. The highest BCUT2D eigenvalue weighted by molar-refractivity contribution is 5.99. The first-order valence-electron chi connectivity index (χ1n) is 8.72. The molecular weight excluding hydrogens is 340 g/mol. The maximum absolute atomic E-state index is 12.6. The summed E-state index contributed by atoms with van der Waals surface area (Å²) in [4.78, 5) is 17.1. The molecule has 0 radical (unpaired) electrons. The number of rotatable bonds is 4. The number of amides is 1. The lowest BCUT2D eigenvalue weighted by atomic mass is 10.1. The molecule has 0 atom stereocenters. The number of methoxy groups -OCH3 is 1. The van der Waals surface area contributed by atoms with E-state index in [-0.39, 0.29) is 5.91 Å². The molecule has 1 amide bonds.